The molecule has 1 unspecified atom stereocenters. The van der Waals surface area contributed by atoms with Crippen molar-refractivity contribution in [1.82, 2.24) is 0 Å². The first kappa shape index (κ1) is 12.7. The number of rotatable bonds is 2. The molecule has 0 bridgehead atoms. The molecule has 1 aromatic carbocycles. The van der Waals surface area contributed by atoms with Gasteiger partial charge in [0.05, 0.1) is 18.2 Å². The molecule has 0 saturated carbocycles. The number of ether oxygens (including phenoxy) is 1. The minimum absolute atomic E-state index is 0.0785. The second kappa shape index (κ2) is 4.86. The van der Waals surface area contributed by atoms with Crippen LogP contribution in [0.3, 0.4) is 0 Å². The summed E-state index contributed by atoms with van der Waals surface area (Å²) in [5, 5.41) is 3.05. The van der Waals surface area contributed by atoms with E-state index in [9.17, 15) is 13.2 Å². The van der Waals surface area contributed by atoms with Crippen LogP contribution in [0.2, 0.25) is 0 Å². The molecule has 0 aliphatic carbocycles. The van der Waals surface area contributed by atoms with Gasteiger partial charge in [-0.3, -0.25) is 0 Å². The zero-order valence-corrected chi connectivity index (χ0v) is 10.4. The van der Waals surface area contributed by atoms with Crippen LogP contribution in [-0.4, -0.2) is 19.3 Å². The first-order valence-corrected chi connectivity index (χ1v) is 5.97. The molecule has 1 atom stereocenters. The normalized spacial score (nSPS) is 20.6. The summed E-state index contributed by atoms with van der Waals surface area (Å²) in [6, 6.07) is 3.65. The van der Waals surface area contributed by atoms with E-state index in [0.717, 1.165) is 18.6 Å². The van der Waals surface area contributed by atoms with E-state index >= 15 is 0 Å². The fraction of sp³-hybridized carbons (Fsp3) is 0.455. The molecule has 1 aliphatic rings. The predicted octanol–water partition coefficient (Wildman–Crippen LogP) is 3.67. The third-order valence-electron chi connectivity index (χ3n) is 2.58. The van der Waals surface area contributed by atoms with Crippen LogP contribution in [0.4, 0.5) is 18.9 Å². The largest absolute Gasteiger partial charge is 0.416 e. The van der Waals surface area contributed by atoms with E-state index in [1.807, 2.05) is 0 Å². The van der Waals surface area contributed by atoms with Crippen LogP contribution in [0.25, 0.3) is 0 Å². The van der Waals surface area contributed by atoms with Gasteiger partial charge in [0.2, 0.25) is 0 Å². The summed E-state index contributed by atoms with van der Waals surface area (Å²) in [6.45, 7) is 1.18. The maximum Gasteiger partial charge on any atom is 0.416 e. The van der Waals surface area contributed by atoms with Gasteiger partial charge in [-0.1, -0.05) is 0 Å². The predicted molar refractivity (Wildman–Crippen MR) is 62.0 cm³/mol. The summed E-state index contributed by atoms with van der Waals surface area (Å²) in [4.78, 5) is 0. The Bertz CT molecular complexity index is 402. The fourth-order valence-corrected chi connectivity index (χ4v) is 2.04. The Balaban J connectivity index is 2.20. The average molecular weight is 310 g/mol. The molecule has 94 valence electrons. The Morgan fingerprint density at radius 1 is 1.35 bits per heavy atom. The van der Waals surface area contributed by atoms with Crippen LogP contribution < -0.4 is 5.32 Å². The van der Waals surface area contributed by atoms with Gasteiger partial charge in [0.1, 0.15) is 0 Å². The van der Waals surface area contributed by atoms with E-state index in [0.29, 0.717) is 23.4 Å². The maximum absolute atomic E-state index is 12.5. The Kier molecular flexibility index (Phi) is 3.63. The number of halogens is 4. The topological polar surface area (TPSA) is 21.3 Å². The van der Waals surface area contributed by atoms with E-state index < -0.39 is 11.7 Å². The van der Waals surface area contributed by atoms with E-state index in [4.69, 9.17) is 4.74 Å². The Hall–Kier alpha value is -0.750. The smallest absolute Gasteiger partial charge is 0.379 e. The van der Waals surface area contributed by atoms with Crippen LogP contribution in [-0.2, 0) is 10.9 Å². The number of benzene rings is 1. The van der Waals surface area contributed by atoms with Crippen molar-refractivity contribution < 1.29 is 17.9 Å². The highest BCUT2D eigenvalue weighted by molar-refractivity contribution is 9.10. The molecule has 2 rings (SSSR count). The van der Waals surface area contributed by atoms with Crippen LogP contribution in [0.15, 0.2) is 22.7 Å². The van der Waals surface area contributed by atoms with E-state index in [1.165, 1.54) is 6.07 Å². The average Bonchev–Trinajstić information content (AvgIpc) is 2.72. The molecule has 0 spiro atoms. The number of anilines is 1. The van der Waals surface area contributed by atoms with Gasteiger partial charge in [-0.05, 0) is 40.5 Å². The molecular weight excluding hydrogens is 299 g/mol. The second-order valence-electron chi connectivity index (χ2n) is 3.90. The van der Waals surface area contributed by atoms with Crippen molar-refractivity contribution in [3.8, 4) is 0 Å². The summed E-state index contributed by atoms with van der Waals surface area (Å²) >= 11 is 3.23. The minimum atomic E-state index is -4.32. The van der Waals surface area contributed by atoms with Crippen molar-refractivity contribution in [1.29, 1.82) is 0 Å². The molecule has 6 heteroatoms. The van der Waals surface area contributed by atoms with Crippen molar-refractivity contribution >= 4 is 21.6 Å². The van der Waals surface area contributed by atoms with Crippen molar-refractivity contribution in [2.45, 2.75) is 18.6 Å². The monoisotopic (exact) mass is 309 g/mol. The molecule has 0 aromatic heterocycles. The van der Waals surface area contributed by atoms with E-state index in [1.54, 1.807) is 0 Å². The van der Waals surface area contributed by atoms with Crippen LogP contribution >= 0.6 is 15.9 Å². The molecule has 1 aromatic rings. The third-order valence-corrected chi connectivity index (χ3v) is 3.27. The minimum Gasteiger partial charge on any atom is -0.379 e. The fourth-order valence-electron chi connectivity index (χ4n) is 1.68. The van der Waals surface area contributed by atoms with Crippen LogP contribution in [0.1, 0.15) is 12.0 Å². The molecule has 1 N–H and O–H groups in total. The lowest BCUT2D eigenvalue weighted by Gasteiger charge is -2.16. The first-order valence-electron chi connectivity index (χ1n) is 5.18. The molecule has 0 amide bonds. The standard InChI is InChI=1S/C11H11BrF3NO/c12-9-2-1-7(11(13,14)15)5-10(9)16-8-3-4-17-6-8/h1-2,5,8,16H,3-4,6H2. The van der Waals surface area contributed by atoms with Gasteiger partial charge >= 0.3 is 6.18 Å². The Labute approximate surface area is 105 Å². The molecular formula is C11H11BrF3NO. The zero-order chi connectivity index (χ0) is 12.5. The lowest BCUT2D eigenvalue weighted by molar-refractivity contribution is -0.137. The van der Waals surface area contributed by atoms with Crippen molar-refractivity contribution in [2.75, 3.05) is 18.5 Å². The van der Waals surface area contributed by atoms with Crippen LogP contribution in [0, 0.1) is 0 Å². The highest BCUT2D eigenvalue weighted by Crippen LogP contribution is 2.34. The maximum atomic E-state index is 12.5. The SMILES string of the molecule is FC(F)(F)c1ccc(Br)c(NC2CCOC2)c1. The summed E-state index contributed by atoms with van der Waals surface area (Å²) in [7, 11) is 0. The number of hydrogen-bond donors (Lipinski definition) is 1. The Morgan fingerprint density at radius 2 is 2.12 bits per heavy atom. The van der Waals surface area contributed by atoms with Gasteiger partial charge in [0.25, 0.3) is 0 Å². The van der Waals surface area contributed by atoms with Crippen molar-refractivity contribution in [3.63, 3.8) is 0 Å². The summed E-state index contributed by atoms with van der Waals surface area (Å²) in [5.74, 6) is 0. The molecule has 1 heterocycles. The van der Waals surface area contributed by atoms with Gasteiger partial charge < -0.3 is 10.1 Å². The molecule has 1 fully saturated rings. The summed E-state index contributed by atoms with van der Waals surface area (Å²) < 4.78 is 43.4. The molecule has 0 radical (unpaired) electrons. The van der Waals surface area contributed by atoms with Crippen molar-refractivity contribution in [3.05, 3.63) is 28.2 Å². The number of alkyl halides is 3. The summed E-state index contributed by atoms with van der Waals surface area (Å²) in [6.07, 6.45) is -3.51. The molecule has 2 nitrogen and oxygen atoms in total. The number of hydrogen-bond acceptors (Lipinski definition) is 2. The quantitative estimate of drug-likeness (QED) is 0.900. The zero-order valence-electron chi connectivity index (χ0n) is 8.85. The van der Waals surface area contributed by atoms with E-state index in [2.05, 4.69) is 21.2 Å². The molecule has 1 saturated heterocycles. The highest BCUT2D eigenvalue weighted by Gasteiger charge is 2.31. The summed E-state index contributed by atoms with van der Waals surface area (Å²) in [5.41, 5.74) is -0.197. The highest BCUT2D eigenvalue weighted by atomic mass is 79.9. The van der Waals surface area contributed by atoms with Gasteiger partial charge in [-0.2, -0.15) is 13.2 Å². The van der Waals surface area contributed by atoms with Gasteiger partial charge in [-0.25, -0.2) is 0 Å². The lowest BCUT2D eigenvalue weighted by atomic mass is 10.1. The van der Waals surface area contributed by atoms with Gasteiger partial charge in [-0.15, -0.1) is 0 Å². The second-order valence-corrected chi connectivity index (χ2v) is 4.75. The Morgan fingerprint density at radius 3 is 2.71 bits per heavy atom. The van der Waals surface area contributed by atoms with Gasteiger partial charge in [0.15, 0.2) is 0 Å². The number of nitrogens with one attached hydrogen (secondary N) is 1. The third kappa shape index (κ3) is 3.13. The van der Waals surface area contributed by atoms with E-state index in [-0.39, 0.29) is 6.04 Å². The van der Waals surface area contributed by atoms with Crippen molar-refractivity contribution in [2.24, 2.45) is 0 Å². The molecule has 17 heavy (non-hydrogen) atoms. The van der Waals surface area contributed by atoms with Crippen LogP contribution in [0.5, 0.6) is 0 Å². The van der Waals surface area contributed by atoms with Gasteiger partial charge in [0, 0.05) is 16.8 Å². The first-order chi connectivity index (χ1) is 7.97. The lowest BCUT2D eigenvalue weighted by Crippen LogP contribution is -2.19. The molecule has 1 aliphatic heterocycles.